The molecule has 0 aromatic heterocycles. The molecular weight excluding hydrogens is 188 g/mol. The molecule has 8 unspecified atom stereocenters. The number of hydrogen-bond acceptors (Lipinski definition) is 3. The van der Waals surface area contributed by atoms with Crippen molar-refractivity contribution in [3.05, 3.63) is 0 Å². The van der Waals surface area contributed by atoms with Crippen LogP contribution in [0.1, 0.15) is 0 Å². The van der Waals surface area contributed by atoms with Gasteiger partial charge in [-0.2, -0.15) is 0 Å². The van der Waals surface area contributed by atoms with E-state index in [1.165, 1.54) is 0 Å². The minimum Gasteiger partial charge on any atom is -0.299 e. The van der Waals surface area contributed by atoms with Crippen molar-refractivity contribution in [2.24, 2.45) is 35.5 Å². The molecule has 0 aromatic rings. The van der Waals surface area contributed by atoms with Gasteiger partial charge in [0.2, 0.25) is 0 Å². The van der Waals surface area contributed by atoms with Crippen molar-refractivity contribution in [2.75, 3.05) is 0 Å². The molecule has 5 rings (SSSR count). The fourth-order valence-electron chi connectivity index (χ4n) is 5.29. The number of hydrogen-bond donors (Lipinski definition) is 0. The molecule has 4 aliphatic carbocycles. The van der Waals surface area contributed by atoms with Gasteiger partial charge in [0, 0.05) is 11.8 Å². The molecule has 4 heteroatoms. The first kappa shape index (κ1) is 6.17. The third-order valence-corrected chi connectivity index (χ3v) is 8.22. The molecule has 0 spiro atoms. The number of fused-ring (bicyclic) bond motifs is 2. The zero-order valence-electron chi connectivity index (χ0n) is 6.75. The van der Waals surface area contributed by atoms with E-state index < -0.39 is 9.84 Å². The predicted octanol–water partition coefficient (Wildman–Crippen LogP) is -0.527. The van der Waals surface area contributed by atoms with E-state index in [1.54, 1.807) is 0 Å². The highest BCUT2D eigenvalue weighted by Crippen LogP contribution is 2.84. The van der Waals surface area contributed by atoms with Crippen LogP contribution < -0.4 is 0 Å². The molecule has 4 saturated carbocycles. The van der Waals surface area contributed by atoms with Crippen LogP contribution in [-0.4, -0.2) is 24.7 Å². The fraction of sp³-hybridized carbons (Fsp3) is 0.889. The summed E-state index contributed by atoms with van der Waals surface area (Å²) < 4.78 is 23.7. The fourth-order valence-corrected chi connectivity index (χ4v) is 8.71. The highest BCUT2D eigenvalue weighted by Gasteiger charge is 2.92. The van der Waals surface area contributed by atoms with Crippen LogP contribution in [0.4, 0.5) is 0 Å². The summed E-state index contributed by atoms with van der Waals surface area (Å²) >= 11 is 0. The maximum atomic E-state index is 11.9. The van der Waals surface area contributed by atoms with Crippen LogP contribution in [0, 0.1) is 35.5 Å². The van der Waals surface area contributed by atoms with Gasteiger partial charge < -0.3 is 0 Å². The van der Waals surface area contributed by atoms with Gasteiger partial charge in [0.1, 0.15) is 5.78 Å². The molecule has 0 N–H and O–H groups in total. The minimum atomic E-state index is -2.86. The monoisotopic (exact) mass is 196 g/mol. The third-order valence-electron chi connectivity index (χ3n) is 5.49. The summed E-state index contributed by atoms with van der Waals surface area (Å²) in [5, 5.41) is -0.426. The zero-order chi connectivity index (χ0) is 8.70. The second kappa shape index (κ2) is 1.23. The molecular formula is C9H8O3S. The smallest absolute Gasteiger partial charge is 0.158 e. The first-order valence-corrected chi connectivity index (χ1v) is 6.53. The van der Waals surface area contributed by atoms with Crippen molar-refractivity contribution in [3.8, 4) is 0 Å². The van der Waals surface area contributed by atoms with Gasteiger partial charge >= 0.3 is 0 Å². The number of carbonyl (C=O) groups excluding carboxylic acids is 1. The van der Waals surface area contributed by atoms with Crippen LogP contribution in [0.25, 0.3) is 0 Å². The largest absolute Gasteiger partial charge is 0.299 e. The molecule has 1 heterocycles. The number of sulfone groups is 1. The van der Waals surface area contributed by atoms with Crippen molar-refractivity contribution in [1.29, 1.82) is 0 Å². The van der Waals surface area contributed by atoms with Crippen molar-refractivity contribution in [1.82, 2.24) is 0 Å². The van der Waals surface area contributed by atoms with Crippen molar-refractivity contribution < 1.29 is 13.2 Å². The van der Waals surface area contributed by atoms with Crippen LogP contribution in [0.5, 0.6) is 0 Å². The van der Waals surface area contributed by atoms with Crippen molar-refractivity contribution in [3.63, 3.8) is 0 Å². The average Bonchev–Trinajstić information content (AvgIpc) is 2.28. The first-order valence-electron chi connectivity index (χ1n) is 4.92. The maximum Gasteiger partial charge on any atom is 0.158 e. The van der Waals surface area contributed by atoms with Gasteiger partial charge in [-0.1, -0.05) is 0 Å². The van der Waals surface area contributed by atoms with Crippen LogP contribution in [0.2, 0.25) is 0 Å². The topological polar surface area (TPSA) is 51.2 Å². The zero-order valence-corrected chi connectivity index (χ0v) is 7.57. The normalized spacial score (nSPS) is 77.1. The number of Topliss-reactive ketones (excluding diaryl/α,β-unsaturated/α-hetero) is 1. The van der Waals surface area contributed by atoms with Crippen molar-refractivity contribution >= 4 is 15.6 Å². The van der Waals surface area contributed by atoms with Gasteiger partial charge in [-0.15, -0.1) is 0 Å². The van der Waals surface area contributed by atoms with Crippen molar-refractivity contribution in [2.45, 2.75) is 10.5 Å². The summed E-state index contributed by atoms with van der Waals surface area (Å²) in [6, 6.07) is 0. The van der Waals surface area contributed by atoms with E-state index in [9.17, 15) is 13.2 Å². The molecule has 13 heavy (non-hydrogen) atoms. The Morgan fingerprint density at radius 3 is 1.77 bits per heavy atom. The molecule has 1 saturated heterocycles. The molecule has 5 aliphatic rings. The second-order valence-electron chi connectivity index (χ2n) is 5.28. The van der Waals surface area contributed by atoms with Gasteiger partial charge in [-0.3, -0.25) is 4.79 Å². The summed E-state index contributed by atoms with van der Waals surface area (Å²) in [5.41, 5.74) is 0. The summed E-state index contributed by atoms with van der Waals surface area (Å²) in [6.07, 6.45) is 0. The molecule has 3 nitrogen and oxygen atoms in total. The quantitative estimate of drug-likeness (QED) is 0.523. The van der Waals surface area contributed by atoms with Crippen LogP contribution in [0.15, 0.2) is 0 Å². The summed E-state index contributed by atoms with van der Waals surface area (Å²) in [6.45, 7) is 0. The lowest BCUT2D eigenvalue weighted by molar-refractivity contribution is -0.146. The van der Waals surface area contributed by atoms with E-state index in [2.05, 4.69) is 0 Å². The molecule has 8 atom stereocenters. The maximum absolute atomic E-state index is 11.9. The first-order chi connectivity index (χ1) is 6.15. The Bertz CT molecular complexity index is 443. The average molecular weight is 196 g/mol. The molecule has 1 aliphatic heterocycles. The molecule has 0 aromatic carbocycles. The van der Waals surface area contributed by atoms with E-state index in [-0.39, 0.29) is 22.3 Å². The number of ketones is 1. The summed E-state index contributed by atoms with van der Waals surface area (Å²) in [7, 11) is -2.86. The standard InChI is InChI=1S/C9H8O3S/c10-7-5-1-2-4-3(1)8(5)13(11,12)9(4)6(2)7/h1-6,8-9H. The Balaban J connectivity index is 1.93. The third kappa shape index (κ3) is 0.303. The van der Waals surface area contributed by atoms with Crippen LogP contribution in [0.3, 0.4) is 0 Å². The summed E-state index contributed by atoms with van der Waals surface area (Å²) in [5.74, 6) is 2.10. The van der Waals surface area contributed by atoms with Crippen LogP contribution in [-0.2, 0) is 14.6 Å². The van der Waals surface area contributed by atoms with Gasteiger partial charge in [-0.25, -0.2) is 8.42 Å². The molecule has 5 fully saturated rings. The Kier molecular flexibility index (Phi) is 0.584. The highest BCUT2D eigenvalue weighted by molar-refractivity contribution is 7.93. The Morgan fingerprint density at radius 1 is 0.846 bits per heavy atom. The number of rotatable bonds is 0. The highest BCUT2D eigenvalue weighted by atomic mass is 32.2. The van der Waals surface area contributed by atoms with Gasteiger partial charge in [-0.05, 0) is 23.7 Å². The lowest BCUT2D eigenvalue weighted by atomic mass is 9.39. The Morgan fingerprint density at radius 2 is 1.31 bits per heavy atom. The van der Waals surface area contributed by atoms with E-state index >= 15 is 0 Å². The Labute approximate surface area is 75.4 Å². The predicted molar refractivity (Wildman–Crippen MR) is 42.4 cm³/mol. The molecule has 68 valence electrons. The van der Waals surface area contributed by atoms with Gasteiger partial charge in [0.25, 0.3) is 0 Å². The second-order valence-corrected chi connectivity index (χ2v) is 7.55. The van der Waals surface area contributed by atoms with E-state index in [4.69, 9.17) is 0 Å². The SMILES string of the molecule is O=C1C2C3C4C1C1C4C3C2S1(=O)=O. The Hall–Kier alpha value is -0.380. The lowest BCUT2D eigenvalue weighted by Gasteiger charge is -2.61. The minimum absolute atomic E-state index is 0.0417. The number of carbonyl (C=O) groups is 1. The van der Waals surface area contributed by atoms with Gasteiger partial charge in [0.05, 0.1) is 10.5 Å². The van der Waals surface area contributed by atoms with E-state index in [1.807, 2.05) is 0 Å². The summed E-state index contributed by atoms with van der Waals surface area (Å²) in [4.78, 5) is 11.7. The molecule has 0 amide bonds. The van der Waals surface area contributed by atoms with Gasteiger partial charge in [0.15, 0.2) is 9.84 Å². The van der Waals surface area contributed by atoms with Crippen LogP contribution >= 0.6 is 0 Å². The van der Waals surface area contributed by atoms with E-state index in [0.717, 1.165) is 0 Å². The lowest BCUT2D eigenvalue weighted by Crippen LogP contribution is -2.65. The van der Waals surface area contributed by atoms with E-state index in [0.29, 0.717) is 29.5 Å². The molecule has 0 bridgehead atoms. The molecule has 0 radical (unpaired) electrons.